The van der Waals surface area contributed by atoms with Crippen LogP contribution in [0.3, 0.4) is 0 Å². The smallest absolute Gasteiger partial charge is 0.321 e. The van der Waals surface area contributed by atoms with Crippen LogP contribution in [-0.2, 0) is 4.74 Å². The highest BCUT2D eigenvalue weighted by Crippen LogP contribution is 2.27. The van der Waals surface area contributed by atoms with Gasteiger partial charge in [-0.05, 0) is 30.3 Å². The third kappa shape index (κ3) is 5.67. The first kappa shape index (κ1) is 22.6. The second-order valence-corrected chi connectivity index (χ2v) is 8.21. The number of amides is 2. The average molecular weight is 477 g/mol. The fraction of sp³-hybridized carbons (Fsp3) is 0.240. The number of carbonyl (C=O) groups excluding carboxylic acids is 1. The number of urea groups is 1. The van der Waals surface area contributed by atoms with Crippen molar-refractivity contribution in [3.05, 3.63) is 79.0 Å². The molecule has 2 amide bonds. The number of aromatic nitrogens is 3. The molecule has 1 fully saturated rings. The van der Waals surface area contributed by atoms with Crippen LogP contribution in [0, 0.1) is 0 Å². The lowest BCUT2D eigenvalue weighted by molar-refractivity contribution is 0.122. The Labute approximate surface area is 201 Å². The molecule has 0 spiro atoms. The standard InChI is InChI=1S/C25H25FN6O3/c26-25(31-24(33)30-19-3-1-4-20(13-19)32-9-11-34-12-10-32)7-2-5-22(15-25)35-21-6-8-27-23(14-21)18-16-28-29-17-18/h1-6,8,13-17H,7,9-12H2,(H,28,29)(H2,30,31,33). The number of halogens is 1. The predicted molar refractivity (Wildman–Crippen MR) is 130 cm³/mol. The zero-order valence-corrected chi connectivity index (χ0v) is 18.9. The molecule has 0 radical (unpaired) electrons. The van der Waals surface area contributed by atoms with E-state index in [0.717, 1.165) is 24.3 Å². The second kappa shape index (κ2) is 9.98. The highest BCUT2D eigenvalue weighted by atomic mass is 19.1. The van der Waals surface area contributed by atoms with Crippen LogP contribution in [0.25, 0.3) is 11.3 Å². The number of H-pyrrole nitrogens is 1. The van der Waals surface area contributed by atoms with Gasteiger partial charge in [-0.15, -0.1) is 0 Å². The predicted octanol–water partition coefficient (Wildman–Crippen LogP) is 4.02. The van der Waals surface area contributed by atoms with Gasteiger partial charge < -0.3 is 25.0 Å². The van der Waals surface area contributed by atoms with Gasteiger partial charge in [-0.1, -0.05) is 12.1 Å². The highest BCUT2D eigenvalue weighted by Gasteiger charge is 2.31. The van der Waals surface area contributed by atoms with Gasteiger partial charge in [0.2, 0.25) is 5.79 Å². The van der Waals surface area contributed by atoms with Crippen molar-refractivity contribution in [2.75, 3.05) is 36.5 Å². The highest BCUT2D eigenvalue weighted by molar-refractivity contribution is 5.90. The zero-order chi connectivity index (χ0) is 24.1. The third-order valence-electron chi connectivity index (χ3n) is 5.63. The molecule has 1 unspecified atom stereocenters. The number of anilines is 2. The molecule has 0 saturated carbocycles. The van der Waals surface area contributed by atoms with Crippen LogP contribution in [0.2, 0.25) is 0 Å². The van der Waals surface area contributed by atoms with E-state index in [1.807, 2.05) is 18.2 Å². The van der Waals surface area contributed by atoms with Crippen molar-refractivity contribution in [1.29, 1.82) is 0 Å². The number of hydrogen-bond donors (Lipinski definition) is 3. The summed E-state index contributed by atoms with van der Waals surface area (Å²) in [7, 11) is 0. The number of rotatable bonds is 6. The minimum absolute atomic E-state index is 0.0162. The monoisotopic (exact) mass is 476 g/mol. The molecule has 3 heterocycles. The van der Waals surface area contributed by atoms with Gasteiger partial charge in [-0.25, -0.2) is 9.18 Å². The minimum atomic E-state index is -2.10. The average Bonchev–Trinajstić information content (AvgIpc) is 3.40. The molecule has 2 aromatic heterocycles. The summed E-state index contributed by atoms with van der Waals surface area (Å²) in [6, 6.07) is 10.2. The number of benzene rings is 1. The Morgan fingerprint density at radius 2 is 2.11 bits per heavy atom. The van der Waals surface area contributed by atoms with E-state index in [-0.39, 0.29) is 12.2 Å². The molecular formula is C25H25FN6O3. The fourth-order valence-corrected chi connectivity index (χ4v) is 3.94. The van der Waals surface area contributed by atoms with E-state index in [2.05, 4.69) is 30.7 Å². The first-order chi connectivity index (χ1) is 17.1. The molecule has 10 heteroatoms. The van der Waals surface area contributed by atoms with E-state index >= 15 is 4.39 Å². The van der Waals surface area contributed by atoms with Gasteiger partial charge in [0.15, 0.2) is 0 Å². The maximum atomic E-state index is 15.5. The van der Waals surface area contributed by atoms with Crippen LogP contribution in [0.15, 0.2) is 79.0 Å². The van der Waals surface area contributed by atoms with Crippen molar-refractivity contribution >= 4 is 17.4 Å². The number of allylic oxidation sites excluding steroid dienone is 1. The van der Waals surface area contributed by atoms with Gasteiger partial charge in [0.05, 0.1) is 25.1 Å². The Morgan fingerprint density at radius 1 is 1.23 bits per heavy atom. The van der Waals surface area contributed by atoms with Crippen molar-refractivity contribution in [2.45, 2.75) is 12.2 Å². The molecule has 3 aromatic rings. The number of morpholine rings is 1. The summed E-state index contributed by atoms with van der Waals surface area (Å²) >= 11 is 0. The van der Waals surface area contributed by atoms with Gasteiger partial charge in [0.1, 0.15) is 11.5 Å². The van der Waals surface area contributed by atoms with Crippen molar-refractivity contribution in [2.24, 2.45) is 0 Å². The Morgan fingerprint density at radius 3 is 2.94 bits per heavy atom. The summed E-state index contributed by atoms with van der Waals surface area (Å²) in [5, 5.41) is 11.8. The van der Waals surface area contributed by atoms with E-state index in [1.165, 1.54) is 6.08 Å². The summed E-state index contributed by atoms with van der Waals surface area (Å²) in [4.78, 5) is 19.1. The molecule has 5 rings (SSSR count). The summed E-state index contributed by atoms with van der Waals surface area (Å²) in [5.74, 6) is -1.34. The number of nitrogens with zero attached hydrogens (tertiary/aromatic N) is 3. The summed E-state index contributed by atoms with van der Waals surface area (Å²) in [6.07, 6.45) is 9.50. The quantitative estimate of drug-likeness (QED) is 0.465. The van der Waals surface area contributed by atoms with Crippen LogP contribution >= 0.6 is 0 Å². The lowest BCUT2D eigenvalue weighted by Crippen LogP contribution is -2.46. The number of aromatic amines is 1. The largest absolute Gasteiger partial charge is 0.457 e. The second-order valence-electron chi connectivity index (χ2n) is 8.21. The Hall–Kier alpha value is -4.18. The molecule has 1 saturated heterocycles. The Bertz CT molecular complexity index is 1240. The van der Waals surface area contributed by atoms with E-state index in [4.69, 9.17) is 9.47 Å². The van der Waals surface area contributed by atoms with Crippen molar-refractivity contribution in [3.8, 4) is 17.0 Å². The van der Waals surface area contributed by atoms with Crippen LogP contribution in [0.1, 0.15) is 6.42 Å². The minimum Gasteiger partial charge on any atom is -0.457 e. The number of carbonyl (C=O) groups is 1. The van der Waals surface area contributed by atoms with Crippen LogP contribution < -0.4 is 20.3 Å². The molecule has 1 aliphatic carbocycles. The van der Waals surface area contributed by atoms with Crippen molar-refractivity contribution < 1.29 is 18.7 Å². The lowest BCUT2D eigenvalue weighted by atomic mass is 10.1. The van der Waals surface area contributed by atoms with Gasteiger partial charge in [0, 0.05) is 61.0 Å². The summed E-state index contributed by atoms with van der Waals surface area (Å²) < 4.78 is 26.8. The molecule has 1 aromatic carbocycles. The number of alkyl halides is 1. The topological polar surface area (TPSA) is 104 Å². The number of pyridine rings is 1. The number of ether oxygens (including phenoxy) is 2. The van der Waals surface area contributed by atoms with Gasteiger partial charge in [-0.2, -0.15) is 5.10 Å². The zero-order valence-electron chi connectivity index (χ0n) is 18.9. The molecule has 180 valence electrons. The van der Waals surface area contributed by atoms with E-state index in [0.29, 0.717) is 30.3 Å². The third-order valence-corrected chi connectivity index (χ3v) is 5.63. The first-order valence-corrected chi connectivity index (χ1v) is 11.3. The molecule has 3 N–H and O–H groups in total. The first-order valence-electron chi connectivity index (χ1n) is 11.3. The van der Waals surface area contributed by atoms with E-state index in [1.54, 1.807) is 48.9 Å². The SMILES string of the molecule is O=C(Nc1cccc(N2CCOCC2)c1)NC1(F)C=C(Oc2ccnc(-c3cn[nH]c3)c2)C=CC1. The Balaban J connectivity index is 1.23. The van der Waals surface area contributed by atoms with Crippen molar-refractivity contribution in [1.82, 2.24) is 20.5 Å². The maximum Gasteiger partial charge on any atom is 0.321 e. The van der Waals surface area contributed by atoms with E-state index < -0.39 is 11.8 Å². The molecule has 9 nitrogen and oxygen atoms in total. The molecule has 35 heavy (non-hydrogen) atoms. The lowest BCUT2D eigenvalue weighted by Gasteiger charge is -2.29. The Kier molecular flexibility index (Phi) is 6.44. The van der Waals surface area contributed by atoms with Gasteiger partial charge >= 0.3 is 6.03 Å². The van der Waals surface area contributed by atoms with Gasteiger partial charge in [0.25, 0.3) is 0 Å². The maximum absolute atomic E-state index is 15.5. The fourth-order valence-electron chi connectivity index (χ4n) is 3.94. The van der Waals surface area contributed by atoms with Gasteiger partial charge in [-0.3, -0.25) is 10.1 Å². The molecule has 1 atom stereocenters. The number of nitrogens with one attached hydrogen (secondary N) is 3. The molecular weight excluding hydrogens is 451 g/mol. The van der Waals surface area contributed by atoms with Crippen LogP contribution in [-0.4, -0.2) is 53.3 Å². The van der Waals surface area contributed by atoms with Crippen LogP contribution in [0.4, 0.5) is 20.6 Å². The molecule has 1 aliphatic heterocycles. The normalized spacial score (nSPS) is 19.7. The molecule has 2 aliphatic rings. The number of hydrogen-bond acceptors (Lipinski definition) is 6. The van der Waals surface area contributed by atoms with Crippen LogP contribution in [0.5, 0.6) is 5.75 Å². The summed E-state index contributed by atoms with van der Waals surface area (Å²) in [6.45, 7) is 2.89. The van der Waals surface area contributed by atoms with Crippen molar-refractivity contribution in [3.63, 3.8) is 0 Å². The van der Waals surface area contributed by atoms with E-state index in [9.17, 15) is 4.79 Å². The molecule has 0 bridgehead atoms. The summed E-state index contributed by atoms with van der Waals surface area (Å²) in [5.41, 5.74) is 3.02.